The molecule has 2 aromatic rings. The van der Waals surface area contributed by atoms with Crippen molar-refractivity contribution in [1.29, 1.82) is 0 Å². The highest BCUT2D eigenvalue weighted by molar-refractivity contribution is 9.10. The van der Waals surface area contributed by atoms with Crippen molar-refractivity contribution in [1.82, 2.24) is 10.3 Å². The number of nitrogens with zero attached hydrogens (tertiary/aromatic N) is 1. The van der Waals surface area contributed by atoms with Gasteiger partial charge in [0.05, 0.1) is 5.69 Å². The Hall–Kier alpha value is -0.710. The van der Waals surface area contributed by atoms with Crippen LogP contribution in [0.3, 0.4) is 0 Å². The monoisotopic (exact) mass is 296 g/mol. The first-order chi connectivity index (χ1) is 7.70. The molecule has 0 unspecified atom stereocenters. The molecule has 2 rings (SSSR count). The molecule has 0 saturated carbocycles. The summed E-state index contributed by atoms with van der Waals surface area (Å²) in [5.41, 5.74) is 3.57. The SMILES string of the molecule is CNCc1csc(-c2ccc(Br)cc2C)n1. The van der Waals surface area contributed by atoms with Gasteiger partial charge in [-0.15, -0.1) is 11.3 Å². The first-order valence-corrected chi connectivity index (χ1v) is 6.73. The van der Waals surface area contributed by atoms with Crippen LogP contribution in [0, 0.1) is 6.92 Å². The quantitative estimate of drug-likeness (QED) is 0.936. The van der Waals surface area contributed by atoms with E-state index in [-0.39, 0.29) is 0 Å². The van der Waals surface area contributed by atoms with Crippen LogP contribution in [0.4, 0.5) is 0 Å². The number of aryl methyl sites for hydroxylation is 1. The van der Waals surface area contributed by atoms with E-state index in [2.05, 4.69) is 56.7 Å². The van der Waals surface area contributed by atoms with Crippen molar-refractivity contribution < 1.29 is 0 Å². The van der Waals surface area contributed by atoms with Crippen LogP contribution in [0.25, 0.3) is 10.6 Å². The normalized spacial score (nSPS) is 10.7. The molecule has 0 spiro atoms. The third-order valence-electron chi connectivity index (χ3n) is 2.33. The van der Waals surface area contributed by atoms with Gasteiger partial charge in [-0.05, 0) is 31.7 Å². The maximum Gasteiger partial charge on any atom is 0.123 e. The standard InChI is InChI=1S/C12H13BrN2S/c1-8-5-9(13)3-4-11(8)12-15-10(6-14-2)7-16-12/h3-5,7,14H,6H2,1-2H3. The molecule has 0 aliphatic heterocycles. The molecule has 84 valence electrons. The fourth-order valence-corrected chi connectivity index (χ4v) is 2.95. The van der Waals surface area contributed by atoms with Crippen molar-refractivity contribution in [2.75, 3.05) is 7.05 Å². The van der Waals surface area contributed by atoms with E-state index in [1.807, 2.05) is 7.05 Å². The van der Waals surface area contributed by atoms with Gasteiger partial charge in [0.2, 0.25) is 0 Å². The molecule has 1 aromatic heterocycles. The fourth-order valence-electron chi connectivity index (χ4n) is 1.56. The lowest BCUT2D eigenvalue weighted by Crippen LogP contribution is -2.04. The summed E-state index contributed by atoms with van der Waals surface area (Å²) in [6.07, 6.45) is 0. The maximum absolute atomic E-state index is 4.60. The average molecular weight is 297 g/mol. The zero-order valence-corrected chi connectivity index (χ0v) is 11.7. The highest BCUT2D eigenvalue weighted by atomic mass is 79.9. The lowest BCUT2D eigenvalue weighted by atomic mass is 10.1. The molecular weight excluding hydrogens is 284 g/mol. The largest absolute Gasteiger partial charge is 0.314 e. The number of benzene rings is 1. The zero-order valence-electron chi connectivity index (χ0n) is 9.25. The molecule has 0 amide bonds. The van der Waals surface area contributed by atoms with Crippen molar-refractivity contribution in [3.63, 3.8) is 0 Å². The Bertz CT molecular complexity index is 494. The molecule has 16 heavy (non-hydrogen) atoms. The Labute approximate surface area is 108 Å². The number of hydrogen-bond donors (Lipinski definition) is 1. The highest BCUT2D eigenvalue weighted by Crippen LogP contribution is 2.28. The van der Waals surface area contributed by atoms with Gasteiger partial charge in [0.25, 0.3) is 0 Å². The summed E-state index contributed by atoms with van der Waals surface area (Å²) in [4.78, 5) is 4.60. The topological polar surface area (TPSA) is 24.9 Å². The first-order valence-electron chi connectivity index (χ1n) is 5.06. The van der Waals surface area contributed by atoms with E-state index in [9.17, 15) is 0 Å². The Balaban J connectivity index is 2.35. The van der Waals surface area contributed by atoms with Gasteiger partial charge < -0.3 is 5.32 Å². The number of hydrogen-bond acceptors (Lipinski definition) is 3. The molecular formula is C12H13BrN2S. The minimum Gasteiger partial charge on any atom is -0.314 e. The van der Waals surface area contributed by atoms with Crippen molar-refractivity contribution >= 4 is 27.3 Å². The third kappa shape index (κ3) is 2.51. The summed E-state index contributed by atoms with van der Waals surface area (Å²) < 4.78 is 1.11. The third-order valence-corrected chi connectivity index (χ3v) is 3.75. The number of nitrogens with one attached hydrogen (secondary N) is 1. The second-order valence-electron chi connectivity index (χ2n) is 3.63. The van der Waals surface area contributed by atoms with Crippen LogP contribution in [0.1, 0.15) is 11.3 Å². The van der Waals surface area contributed by atoms with E-state index in [1.54, 1.807) is 11.3 Å². The number of rotatable bonds is 3. The molecule has 1 aromatic carbocycles. The van der Waals surface area contributed by atoms with Crippen LogP contribution in [-0.2, 0) is 6.54 Å². The minimum absolute atomic E-state index is 0.825. The van der Waals surface area contributed by atoms with Gasteiger partial charge in [0.1, 0.15) is 5.01 Å². The van der Waals surface area contributed by atoms with Gasteiger partial charge >= 0.3 is 0 Å². The van der Waals surface area contributed by atoms with Gasteiger partial charge in [0.15, 0.2) is 0 Å². The average Bonchev–Trinajstić information content (AvgIpc) is 2.67. The van der Waals surface area contributed by atoms with Gasteiger partial charge in [-0.25, -0.2) is 4.98 Å². The Morgan fingerprint density at radius 3 is 2.94 bits per heavy atom. The van der Waals surface area contributed by atoms with Gasteiger partial charge in [-0.1, -0.05) is 22.0 Å². The summed E-state index contributed by atoms with van der Waals surface area (Å²) in [6.45, 7) is 2.94. The van der Waals surface area contributed by atoms with E-state index < -0.39 is 0 Å². The summed E-state index contributed by atoms with van der Waals surface area (Å²) in [6, 6.07) is 6.29. The zero-order chi connectivity index (χ0) is 11.5. The Kier molecular flexibility index (Phi) is 3.74. The van der Waals surface area contributed by atoms with Crippen molar-refractivity contribution in [2.45, 2.75) is 13.5 Å². The number of aromatic nitrogens is 1. The lowest BCUT2D eigenvalue weighted by molar-refractivity contribution is 0.798. The Morgan fingerprint density at radius 1 is 1.44 bits per heavy atom. The van der Waals surface area contributed by atoms with Crippen molar-refractivity contribution in [3.8, 4) is 10.6 Å². The second kappa shape index (κ2) is 5.08. The summed E-state index contributed by atoms with van der Waals surface area (Å²) >= 11 is 5.17. The van der Waals surface area contributed by atoms with Crippen LogP contribution in [0.15, 0.2) is 28.1 Å². The van der Waals surface area contributed by atoms with Crippen molar-refractivity contribution in [3.05, 3.63) is 39.3 Å². The second-order valence-corrected chi connectivity index (χ2v) is 5.41. The fraction of sp³-hybridized carbons (Fsp3) is 0.250. The molecule has 0 radical (unpaired) electrons. The molecule has 2 nitrogen and oxygen atoms in total. The minimum atomic E-state index is 0.825. The molecule has 0 aliphatic rings. The smallest absolute Gasteiger partial charge is 0.123 e. The molecule has 1 N–H and O–H groups in total. The maximum atomic E-state index is 4.60. The lowest BCUT2D eigenvalue weighted by Gasteiger charge is -2.02. The van der Waals surface area contributed by atoms with E-state index in [0.717, 1.165) is 21.7 Å². The van der Waals surface area contributed by atoms with Gasteiger partial charge in [-0.2, -0.15) is 0 Å². The van der Waals surface area contributed by atoms with Crippen LogP contribution in [0.2, 0.25) is 0 Å². The van der Waals surface area contributed by atoms with Crippen LogP contribution >= 0.6 is 27.3 Å². The highest BCUT2D eigenvalue weighted by Gasteiger charge is 2.07. The van der Waals surface area contributed by atoms with Crippen molar-refractivity contribution in [2.24, 2.45) is 0 Å². The van der Waals surface area contributed by atoms with E-state index in [1.165, 1.54) is 11.1 Å². The number of thiazole rings is 1. The van der Waals surface area contributed by atoms with Crippen LogP contribution < -0.4 is 5.32 Å². The van der Waals surface area contributed by atoms with Gasteiger partial charge in [-0.3, -0.25) is 0 Å². The first kappa shape index (κ1) is 11.8. The Morgan fingerprint density at radius 2 is 2.25 bits per heavy atom. The molecule has 0 fully saturated rings. The van der Waals surface area contributed by atoms with Crippen LogP contribution in [-0.4, -0.2) is 12.0 Å². The van der Waals surface area contributed by atoms with E-state index >= 15 is 0 Å². The van der Waals surface area contributed by atoms with E-state index in [0.29, 0.717) is 0 Å². The van der Waals surface area contributed by atoms with E-state index in [4.69, 9.17) is 0 Å². The van der Waals surface area contributed by atoms with Gasteiger partial charge in [0, 0.05) is 22.0 Å². The summed E-state index contributed by atoms with van der Waals surface area (Å²) in [5.74, 6) is 0. The molecule has 0 aliphatic carbocycles. The molecule has 0 bridgehead atoms. The summed E-state index contributed by atoms with van der Waals surface area (Å²) in [5, 5.41) is 6.31. The molecule has 0 atom stereocenters. The molecule has 4 heteroatoms. The predicted molar refractivity (Wildman–Crippen MR) is 72.8 cm³/mol. The molecule has 1 heterocycles. The van der Waals surface area contributed by atoms with Crippen LogP contribution in [0.5, 0.6) is 0 Å². The predicted octanol–water partition coefficient (Wildman–Crippen LogP) is 3.60. The number of halogens is 1. The molecule has 0 saturated heterocycles. The summed E-state index contributed by atoms with van der Waals surface area (Å²) in [7, 11) is 1.93.